The molecule has 0 bridgehead atoms. The van der Waals surface area contributed by atoms with Gasteiger partial charge in [0.1, 0.15) is 6.61 Å². The molecule has 130 valence electrons. The number of nitrogens with two attached hydrogens (primary N) is 1. The maximum Gasteiger partial charge on any atom is 0.250 e. The lowest BCUT2D eigenvalue weighted by Crippen LogP contribution is -2.32. The van der Waals surface area contributed by atoms with Gasteiger partial charge in [-0.1, -0.05) is 0 Å². The Kier molecular flexibility index (Phi) is 5.11. The largest absolute Gasteiger partial charge is 0.368 e. The Labute approximate surface area is 141 Å². The van der Waals surface area contributed by atoms with Crippen molar-refractivity contribution in [2.75, 3.05) is 11.9 Å². The second-order valence-corrected chi connectivity index (χ2v) is 6.72. The first kappa shape index (κ1) is 16.9. The summed E-state index contributed by atoms with van der Waals surface area (Å²) in [5.41, 5.74) is 7.35. The van der Waals surface area contributed by atoms with Gasteiger partial charge in [-0.3, -0.25) is 4.79 Å². The Morgan fingerprint density at radius 1 is 1.38 bits per heavy atom. The van der Waals surface area contributed by atoms with Crippen LogP contribution < -0.4 is 11.1 Å². The Hall–Kier alpha value is -1.99. The van der Waals surface area contributed by atoms with Gasteiger partial charge < -0.3 is 15.8 Å². The SMILES string of the molecule is CC(C)n1ncc2cc(NC(=O)COC3CCC(N)CC3)cnc21. The van der Waals surface area contributed by atoms with Gasteiger partial charge in [0.05, 0.1) is 24.2 Å². The first-order valence-electron chi connectivity index (χ1n) is 8.53. The number of anilines is 1. The molecular weight excluding hydrogens is 306 g/mol. The van der Waals surface area contributed by atoms with E-state index in [9.17, 15) is 4.79 Å². The lowest BCUT2D eigenvalue weighted by molar-refractivity contribution is -0.123. The van der Waals surface area contributed by atoms with Gasteiger partial charge in [-0.05, 0) is 45.6 Å². The van der Waals surface area contributed by atoms with Gasteiger partial charge in [-0.2, -0.15) is 5.10 Å². The topological polar surface area (TPSA) is 95.1 Å². The number of nitrogens with one attached hydrogen (secondary N) is 1. The molecule has 2 heterocycles. The lowest BCUT2D eigenvalue weighted by atomic mass is 9.94. The molecule has 3 rings (SSSR count). The van der Waals surface area contributed by atoms with Gasteiger partial charge in [0.15, 0.2) is 5.65 Å². The van der Waals surface area contributed by atoms with Crippen molar-refractivity contribution in [3.8, 4) is 0 Å². The number of hydrogen-bond acceptors (Lipinski definition) is 5. The van der Waals surface area contributed by atoms with Crippen LogP contribution in [0.3, 0.4) is 0 Å². The molecule has 7 heteroatoms. The first-order chi connectivity index (χ1) is 11.5. The quantitative estimate of drug-likeness (QED) is 0.876. The summed E-state index contributed by atoms with van der Waals surface area (Å²) in [4.78, 5) is 16.5. The van der Waals surface area contributed by atoms with Crippen LogP contribution in [-0.4, -0.2) is 39.4 Å². The van der Waals surface area contributed by atoms with Gasteiger partial charge in [-0.15, -0.1) is 0 Å². The highest BCUT2D eigenvalue weighted by atomic mass is 16.5. The van der Waals surface area contributed by atoms with Crippen molar-refractivity contribution in [2.45, 2.75) is 57.7 Å². The van der Waals surface area contributed by atoms with E-state index < -0.39 is 0 Å². The van der Waals surface area contributed by atoms with Crippen LogP contribution in [0.2, 0.25) is 0 Å². The van der Waals surface area contributed by atoms with Crippen molar-refractivity contribution >= 4 is 22.6 Å². The summed E-state index contributed by atoms with van der Waals surface area (Å²) in [5.74, 6) is -0.165. The molecule has 0 radical (unpaired) electrons. The third-order valence-electron chi connectivity index (χ3n) is 4.38. The van der Waals surface area contributed by atoms with Crippen LogP contribution in [0.5, 0.6) is 0 Å². The number of fused-ring (bicyclic) bond motifs is 1. The van der Waals surface area contributed by atoms with E-state index in [-0.39, 0.29) is 30.7 Å². The summed E-state index contributed by atoms with van der Waals surface area (Å²) in [5, 5.41) is 8.06. The molecule has 1 aliphatic carbocycles. The monoisotopic (exact) mass is 331 g/mol. The average Bonchev–Trinajstić information content (AvgIpc) is 2.97. The summed E-state index contributed by atoms with van der Waals surface area (Å²) >= 11 is 0. The van der Waals surface area contributed by atoms with Gasteiger partial charge in [0.2, 0.25) is 5.91 Å². The number of rotatable bonds is 5. The van der Waals surface area contributed by atoms with Crippen LogP contribution in [0.1, 0.15) is 45.6 Å². The van der Waals surface area contributed by atoms with E-state index in [1.807, 2.05) is 10.7 Å². The minimum absolute atomic E-state index is 0.0587. The standard InChI is InChI=1S/C17H25N5O2/c1-11(2)22-17-12(8-20-22)7-14(9-19-17)21-16(23)10-24-15-5-3-13(18)4-6-15/h7-9,11,13,15H,3-6,10,18H2,1-2H3,(H,21,23). The maximum atomic E-state index is 12.1. The summed E-state index contributed by atoms with van der Waals surface area (Å²) in [7, 11) is 0. The average molecular weight is 331 g/mol. The molecule has 0 unspecified atom stereocenters. The molecule has 1 fully saturated rings. The normalized spacial score (nSPS) is 21.3. The Bertz CT molecular complexity index is 704. The highest BCUT2D eigenvalue weighted by Gasteiger charge is 2.19. The summed E-state index contributed by atoms with van der Waals surface area (Å²) in [6.45, 7) is 4.17. The molecule has 1 aliphatic rings. The predicted octanol–water partition coefficient (Wildman–Crippen LogP) is 2.24. The molecule has 2 aromatic rings. The second kappa shape index (κ2) is 7.27. The minimum atomic E-state index is -0.165. The van der Waals surface area contributed by atoms with Crippen LogP contribution in [-0.2, 0) is 9.53 Å². The van der Waals surface area contributed by atoms with E-state index >= 15 is 0 Å². The summed E-state index contributed by atoms with van der Waals surface area (Å²) < 4.78 is 7.54. The van der Waals surface area contributed by atoms with Crippen molar-refractivity contribution in [1.82, 2.24) is 14.8 Å². The maximum absolute atomic E-state index is 12.1. The van der Waals surface area contributed by atoms with Gasteiger partial charge in [-0.25, -0.2) is 9.67 Å². The Morgan fingerprint density at radius 3 is 2.83 bits per heavy atom. The van der Waals surface area contributed by atoms with E-state index in [0.717, 1.165) is 36.7 Å². The van der Waals surface area contributed by atoms with Crippen LogP contribution in [0.25, 0.3) is 11.0 Å². The molecule has 7 nitrogen and oxygen atoms in total. The molecule has 0 spiro atoms. The number of carbonyl (C=O) groups is 1. The van der Waals surface area contributed by atoms with E-state index in [0.29, 0.717) is 5.69 Å². The highest BCUT2D eigenvalue weighted by Crippen LogP contribution is 2.21. The fraction of sp³-hybridized carbons (Fsp3) is 0.588. The second-order valence-electron chi connectivity index (χ2n) is 6.72. The van der Waals surface area contributed by atoms with Crippen molar-refractivity contribution < 1.29 is 9.53 Å². The molecular formula is C17H25N5O2. The summed E-state index contributed by atoms with van der Waals surface area (Å²) in [6, 6.07) is 2.40. The van der Waals surface area contributed by atoms with Crippen LogP contribution >= 0.6 is 0 Å². The van der Waals surface area contributed by atoms with Crippen molar-refractivity contribution in [3.05, 3.63) is 18.5 Å². The van der Waals surface area contributed by atoms with E-state index in [4.69, 9.17) is 10.5 Å². The van der Waals surface area contributed by atoms with E-state index in [1.165, 1.54) is 0 Å². The van der Waals surface area contributed by atoms with Crippen molar-refractivity contribution in [1.29, 1.82) is 0 Å². The zero-order valence-electron chi connectivity index (χ0n) is 14.2. The number of aromatic nitrogens is 3. The van der Waals surface area contributed by atoms with Crippen LogP contribution in [0.15, 0.2) is 18.5 Å². The minimum Gasteiger partial charge on any atom is -0.368 e. The molecule has 3 N–H and O–H groups in total. The van der Waals surface area contributed by atoms with E-state index in [1.54, 1.807) is 12.4 Å². The third kappa shape index (κ3) is 3.91. The molecule has 0 aromatic carbocycles. The Balaban J connectivity index is 1.55. The highest BCUT2D eigenvalue weighted by molar-refractivity contribution is 5.93. The Morgan fingerprint density at radius 2 is 2.12 bits per heavy atom. The van der Waals surface area contributed by atoms with E-state index in [2.05, 4.69) is 29.2 Å². The van der Waals surface area contributed by atoms with Crippen molar-refractivity contribution in [2.24, 2.45) is 5.73 Å². The number of amides is 1. The molecule has 1 amide bonds. The molecule has 0 saturated heterocycles. The fourth-order valence-corrected chi connectivity index (χ4v) is 3.03. The van der Waals surface area contributed by atoms with Crippen LogP contribution in [0, 0.1) is 0 Å². The van der Waals surface area contributed by atoms with Crippen molar-refractivity contribution in [3.63, 3.8) is 0 Å². The number of nitrogens with zero attached hydrogens (tertiary/aromatic N) is 3. The third-order valence-corrected chi connectivity index (χ3v) is 4.38. The molecule has 0 atom stereocenters. The zero-order valence-corrected chi connectivity index (χ0v) is 14.2. The zero-order chi connectivity index (χ0) is 17.1. The smallest absolute Gasteiger partial charge is 0.250 e. The number of hydrogen-bond donors (Lipinski definition) is 2. The number of ether oxygens (including phenoxy) is 1. The number of pyridine rings is 1. The molecule has 1 saturated carbocycles. The molecule has 2 aromatic heterocycles. The van der Waals surface area contributed by atoms with Gasteiger partial charge in [0, 0.05) is 17.5 Å². The molecule has 0 aliphatic heterocycles. The van der Waals surface area contributed by atoms with Crippen LogP contribution in [0.4, 0.5) is 5.69 Å². The number of carbonyl (C=O) groups excluding carboxylic acids is 1. The fourth-order valence-electron chi connectivity index (χ4n) is 3.03. The predicted molar refractivity (Wildman–Crippen MR) is 92.7 cm³/mol. The summed E-state index contributed by atoms with van der Waals surface area (Å²) in [6.07, 6.45) is 7.34. The first-order valence-corrected chi connectivity index (χ1v) is 8.53. The lowest BCUT2D eigenvalue weighted by Gasteiger charge is -2.25. The van der Waals surface area contributed by atoms with Gasteiger partial charge >= 0.3 is 0 Å². The van der Waals surface area contributed by atoms with Gasteiger partial charge in [0.25, 0.3) is 0 Å². The molecule has 24 heavy (non-hydrogen) atoms.